The average molecular weight is 282 g/mol. The molecule has 0 aliphatic rings. The molecule has 0 aliphatic carbocycles. The topological polar surface area (TPSA) is 35.5 Å². The predicted molar refractivity (Wildman–Crippen MR) is 83.0 cm³/mol. The van der Waals surface area contributed by atoms with Crippen LogP contribution in [0.3, 0.4) is 0 Å². The standard InChI is InChI=1S/C18H18O3/c1-20-14-21-17(13-12-15-8-4-2-5-9-15)18(19)16-10-6-3-7-11-16/h2-13,17H,14H2,1H3/b13-12-/t17-/m0/s1. The van der Waals surface area contributed by atoms with Crippen molar-refractivity contribution in [3.8, 4) is 0 Å². The normalized spacial score (nSPS) is 12.4. The summed E-state index contributed by atoms with van der Waals surface area (Å²) in [5.74, 6) is -0.0835. The van der Waals surface area contributed by atoms with Crippen molar-refractivity contribution in [2.75, 3.05) is 13.9 Å². The van der Waals surface area contributed by atoms with Gasteiger partial charge in [0.25, 0.3) is 0 Å². The number of Topliss-reactive ketones (excluding diaryl/α,β-unsaturated/α-hetero) is 1. The van der Waals surface area contributed by atoms with E-state index in [1.165, 1.54) is 7.11 Å². The molecule has 0 aromatic heterocycles. The summed E-state index contributed by atoms with van der Waals surface area (Å²) in [6.07, 6.45) is 2.97. The van der Waals surface area contributed by atoms with Gasteiger partial charge in [0.2, 0.25) is 0 Å². The van der Waals surface area contributed by atoms with E-state index in [0.29, 0.717) is 5.56 Å². The first-order valence-corrected chi connectivity index (χ1v) is 6.74. The number of methoxy groups -OCH3 is 1. The third-order valence-corrected chi connectivity index (χ3v) is 2.95. The van der Waals surface area contributed by atoms with Crippen LogP contribution in [0.15, 0.2) is 66.7 Å². The van der Waals surface area contributed by atoms with E-state index < -0.39 is 6.10 Å². The van der Waals surface area contributed by atoms with E-state index in [4.69, 9.17) is 9.47 Å². The third kappa shape index (κ3) is 4.67. The molecule has 0 saturated heterocycles. The van der Waals surface area contributed by atoms with Crippen molar-refractivity contribution in [1.29, 1.82) is 0 Å². The minimum atomic E-state index is -0.660. The molecule has 3 heteroatoms. The minimum Gasteiger partial charge on any atom is -0.359 e. The number of hydrogen-bond donors (Lipinski definition) is 0. The van der Waals surface area contributed by atoms with Crippen LogP contribution in [0.4, 0.5) is 0 Å². The third-order valence-electron chi connectivity index (χ3n) is 2.95. The molecule has 2 aromatic rings. The van der Waals surface area contributed by atoms with Crippen LogP contribution < -0.4 is 0 Å². The smallest absolute Gasteiger partial charge is 0.195 e. The first-order valence-electron chi connectivity index (χ1n) is 6.74. The molecule has 21 heavy (non-hydrogen) atoms. The molecule has 3 nitrogen and oxygen atoms in total. The Bertz CT molecular complexity index is 576. The van der Waals surface area contributed by atoms with E-state index in [9.17, 15) is 4.79 Å². The Hall–Kier alpha value is -2.23. The molecule has 0 aliphatic heterocycles. The van der Waals surface area contributed by atoms with Gasteiger partial charge in [-0.3, -0.25) is 4.79 Å². The maximum absolute atomic E-state index is 12.4. The van der Waals surface area contributed by atoms with Crippen molar-refractivity contribution in [2.45, 2.75) is 6.10 Å². The Morgan fingerprint density at radius 3 is 2.29 bits per heavy atom. The average Bonchev–Trinajstić information content (AvgIpc) is 2.56. The SMILES string of the molecule is COCO[C@@H](/C=C\c1ccccc1)C(=O)c1ccccc1. The number of benzene rings is 2. The van der Waals surface area contributed by atoms with Crippen LogP contribution in [-0.4, -0.2) is 25.8 Å². The van der Waals surface area contributed by atoms with Crippen molar-refractivity contribution < 1.29 is 14.3 Å². The Balaban J connectivity index is 2.14. The molecule has 0 amide bonds. The molecule has 108 valence electrons. The number of ketones is 1. The Morgan fingerprint density at radius 2 is 1.67 bits per heavy atom. The molecule has 0 saturated carbocycles. The fourth-order valence-corrected chi connectivity index (χ4v) is 1.89. The van der Waals surface area contributed by atoms with E-state index in [-0.39, 0.29) is 12.6 Å². The van der Waals surface area contributed by atoms with Gasteiger partial charge in [0, 0.05) is 12.7 Å². The number of hydrogen-bond acceptors (Lipinski definition) is 3. The van der Waals surface area contributed by atoms with E-state index in [0.717, 1.165) is 5.56 Å². The van der Waals surface area contributed by atoms with Crippen molar-refractivity contribution in [1.82, 2.24) is 0 Å². The first kappa shape index (κ1) is 15.2. The summed E-state index contributed by atoms with van der Waals surface area (Å²) >= 11 is 0. The van der Waals surface area contributed by atoms with Crippen molar-refractivity contribution >= 4 is 11.9 Å². The van der Waals surface area contributed by atoms with Crippen LogP contribution in [0.25, 0.3) is 6.08 Å². The van der Waals surface area contributed by atoms with Gasteiger partial charge < -0.3 is 9.47 Å². The predicted octanol–water partition coefficient (Wildman–Crippen LogP) is 3.57. The van der Waals surface area contributed by atoms with Gasteiger partial charge in [-0.25, -0.2) is 0 Å². The van der Waals surface area contributed by atoms with E-state index in [1.54, 1.807) is 18.2 Å². The maximum atomic E-state index is 12.4. The number of carbonyl (C=O) groups excluding carboxylic acids is 1. The van der Waals surface area contributed by atoms with Crippen molar-refractivity contribution in [3.63, 3.8) is 0 Å². The van der Waals surface area contributed by atoms with Gasteiger partial charge in [0.1, 0.15) is 12.9 Å². The molecule has 0 radical (unpaired) electrons. The van der Waals surface area contributed by atoms with Gasteiger partial charge in [-0.15, -0.1) is 0 Å². The van der Waals surface area contributed by atoms with Gasteiger partial charge in [-0.2, -0.15) is 0 Å². The Kier molecular flexibility index (Phi) is 5.88. The number of ether oxygens (including phenoxy) is 2. The molecule has 0 fully saturated rings. The summed E-state index contributed by atoms with van der Waals surface area (Å²) in [5, 5.41) is 0. The summed E-state index contributed by atoms with van der Waals surface area (Å²) in [6.45, 7) is 0.0718. The zero-order valence-electron chi connectivity index (χ0n) is 11.9. The second-order valence-electron chi connectivity index (χ2n) is 4.49. The van der Waals surface area contributed by atoms with E-state index >= 15 is 0 Å². The number of carbonyl (C=O) groups is 1. The Labute approximate surface area is 124 Å². The molecule has 1 atom stereocenters. The van der Waals surface area contributed by atoms with Crippen LogP contribution in [0.2, 0.25) is 0 Å². The van der Waals surface area contributed by atoms with Gasteiger partial charge in [0.05, 0.1) is 0 Å². The van der Waals surface area contributed by atoms with Crippen molar-refractivity contribution in [3.05, 3.63) is 77.9 Å². The highest BCUT2D eigenvalue weighted by Crippen LogP contribution is 2.10. The molecule has 0 bridgehead atoms. The summed E-state index contributed by atoms with van der Waals surface area (Å²) in [7, 11) is 1.53. The molecular weight excluding hydrogens is 264 g/mol. The molecular formula is C18H18O3. The second-order valence-corrected chi connectivity index (χ2v) is 4.49. The van der Waals surface area contributed by atoms with Crippen LogP contribution in [-0.2, 0) is 9.47 Å². The molecule has 0 spiro atoms. The highest BCUT2D eigenvalue weighted by molar-refractivity contribution is 6.01. The summed E-state index contributed by atoms with van der Waals surface area (Å²) in [4.78, 5) is 12.4. The lowest BCUT2D eigenvalue weighted by atomic mass is 10.0. The molecule has 0 heterocycles. The van der Waals surface area contributed by atoms with Crippen LogP contribution in [0.5, 0.6) is 0 Å². The fourth-order valence-electron chi connectivity index (χ4n) is 1.89. The lowest BCUT2D eigenvalue weighted by Crippen LogP contribution is -2.23. The molecule has 0 N–H and O–H groups in total. The van der Waals surface area contributed by atoms with E-state index in [1.807, 2.05) is 54.6 Å². The summed E-state index contributed by atoms with van der Waals surface area (Å²) in [6, 6.07) is 18.9. The van der Waals surface area contributed by atoms with Crippen LogP contribution in [0.1, 0.15) is 15.9 Å². The van der Waals surface area contributed by atoms with Gasteiger partial charge in [0.15, 0.2) is 5.78 Å². The van der Waals surface area contributed by atoms with Crippen LogP contribution in [0, 0.1) is 0 Å². The largest absolute Gasteiger partial charge is 0.359 e. The highest BCUT2D eigenvalue weighted by atomic mass is 16.7. The van der Waals surface area contributed by atoms with Crippen LogP contribution >= 0.6 is 0 Å². The zero-order valence-corrected chi connectivity index (χ0v) is 11.9. The summed E-state index contributed by atoms with van der Waals surface area (Å²) < 4.78 is 10.4. The minimum absolute atomic E-state index is 0.0718. The fraction of sp³-hybridized carbons (Fsp3) is 0.167. The molecule has 2 aromatic carbocycles. The zero-order chi connectivity index (χ0) is 14.9. The maximum Gasteiger partial charge on any atom is 0.195 e. The lowest BCUT2D eigenvalue weighted by molar-refractivity contribution is -0.0456. The van der Waals surface area contributed by atoms with E-state index in [2.05, 4.69) is 0 Å². The highest BCUT2D eigenvalue weighted by Gasteiger charge is 2.17. The van der Waals surface area contributed by atoms with Gasteiger partial charge in [-0.1, -0.05) is 66.7 Å². The Morgan fingerprint density at radius 1 is 1.05 bits per heavy atom. The quantitative estimate of drug-likeness (QED) is 0.575. The first-order chi connectivity index (χ1) is 10.3. The monoisotopic (exact) mass is 282 g/mol. The molecule has 0 unspecified atom stereocenters. The second kappa shape index (κ2) is 8.15. The molecule has 2 rings (SSSR count). The lowest BCUT2D eigenvalue weighted by Gasteiger charge is -2.12. The van der Waals surface area contributed by atoms with Gasteiger partial charge >= 0.3 is 0 Å². The summed E-state index contributed by atoms with van der Waals surface area (Å²) in [5.41, 5.74) is 1.64. The van der Waals surface area contributed by atoms with Gasteiger partial charge in [-0.05, 0) is 11.6 Å². The number of rotatable bonds is 7. The van der Waals surface area contributed by atoms with Crippen molar-refractivity contribution in [2.24, 2.45) is 0 Å².